The number of carbonyl (C=O) groups is 1. The maximum absolute atomic E-state index is 12.6. The maximum atomic E-state index is 12.6. The van der Waals surface area contributed by atoms with E-state index in [1.165, 1.54) is 0 Å². The van der Waals surface area contributed by atoms with Gasteiger partial charge < -0.3 is 15.0 Å². The van der Waals surface area contributed by atoms with Crippen molar-refractivity contribution >= 4 is 33.2 Å². The van der Waals surface area contributed by atoms with Gasteiger partial charge in [0, 0.05) is 30.5 Å². The molecule has 0 aliphatic carbocycles. The number of morpholine rings is 1. The lowest BCUT2D eigenvalue weighted by Crippen LogP contribution is -2.45. The van der Waals surface area contributed by atoms with E-state index >= 15 is 0 Å². The molecule has 26 heavy (non-hydrogen) atoms. The number of halogens is 1. The Kier molecular flexibility index (Phi) is 6.22. The number of rotatable bonds is 4. The molecule has 2 fully saturated rings. The number of alkyl halides is 1. The predicted octanol–water partition coefficient (Wildman–Crippen LogP) is 2.50. The maximum Gasteiger partial charge on any atom is 0.244 e. The van der Waals surface area contributed by atoms with Gasteiger partial charge in [0.15, 0.2) is 0 Å². The van der Waals surface area contributed by atoms with Crippen molar-refractivity contribution in [1.82, 2.24) is 10.9 Å². The summed E-state index contributed by atoms with van der Waals surface area (Å²) in [6.45, 7) is 10.2. The molecule has 6 nitrogen and oxygen atoms in total. The van der Waals surface area contributed by atoms with Crippen LogP contribution in [0.3, 0.4) is 0 Å². The van der Waals surface area contributed by atoms with E-state index in [9.17, 15) is 4.79 Å². The van der Waals surface area contributed by atoms with Crippen LogP contribution in [0, 0.1) is 5.92 Å². The molecule has 2 aliphatic rings. The average molecular weight is 425 g/mol. The highest BCUT2D eigenvalue weighted by Gasteiger charge is 2.39. The molecule has 0 saturated carbocycles. The molecule has 2 aliphatic heterocycles. The van der Waals surface area contributed by atoms with Crippen molar-refractivity contribution in [3.63, 3.8) is 0 Å². The van der Waals surface area contributed by atoms with Crippen LogP contribution < -0.4 is 21.1 Å². The molecule has 144 valence electrons. The van der Waals surface area contributed by atoms with Crippen molar-refractivity contribution in [2.75, 3.05) is 23.3 Å². The van der Waals surface area contributed by atoms with Crippen molar-refractivity contribution in [1.29, 1.82) is 0 Å². The third-order valence-corrected chi connectivity index (χ3v) is 6.09. The largest absolute Gasteiger partial charge is 0.372 e. The Morgan fingerprint density at radius 1 is 1.19 bits per heavy atom. The summed E-state index contributed by atoms with van der Waals surface area (Å²) in [7, 11) is 0. The molecular formula is C19H29BrN4O2. The molecule has 5 atom stereocenters. The van der Waals surface area contributed by atoms with E-state index in [2.05, 4.69) is 76.8 Å². The quantitative estimate of drug-likeness (QED) is 0.647. The first-order valence-corrected chi connectivity index (χ1v) is 10.2. The van der Waals surface area contributed by atoms with Crippen molar-refractivity contribution in [2.45, 2.75) is 56.8 Å². The first-order chi connectivity index (χ1) is 12.3. The number of carbonyl (C=O) groups excluding carboxylic acids is 1. The minimum absolute atomic E-state index is 0.0381. The Hall–Kier alpha value is -1.15. The second-order valence-corrected chi connectivity index (χ2v) is 8.74. The van der Waals surface area contributed by atoms with E-state index in [1.54, 1.807) is 0 Å². The zero-order valence-corrected chi connectivity index (χ0v) is 17.4. The summed E-state index contributed by atoms with van der Waals surface area (Å²) in [4.78, 5) is 15.0. The Morgan fingerprint density at radius 3 is 2.35 bits per heavy atom. The first kappa shape index (κ1) is 19.6. The van der Waals surface area contributed by atoms with E-state index < -0.39 is 0 Å². The second kappa shape index (κ2) is 8.25. The van der Waals surface area contributed by atoms with Crippen molar-refractivity contribution < 1.29 is 9.53 Å². The molecule has 2 heterocycles. The number of amides is 1. The number of anilines is 2. The van der Waals surface area contributed by atoms with Crippen LogP contribution in [0.5, 0.6) is 0 Å². The number of benzene rings is 1. The lowest BCUT2D eigenvalue weighted by Gasteiger charge is -2.36. The number of hydrazine groups is 1. The molecule has 5 unspecified atom stereocenters. The predicted molar refractivity (Wildman–Crippen MR) is 109 cm³/mol. The van der Waals surface area contributed by atoms with E-state index in [4.69, 9.17) is 4.74 Å². The van der Waals surface area contributed by atoms with Gasteiger partial charge in [-0.2, -0.15) is 0 Å². The fraction of sp³-hybridized carbons (Fsp3) is 0.632. The van der Waals surface area contributed by atoms with Crippen LogP contribution in [-0.2, 0) is 9.53 Å². The molecule has 1 amide bonds. The molecule has 2 saturated heterocycles. The van der Waals surface area contributed by atoms with E-state index in [1.807, 2.05) is 12.1 Å². The third kappa shape index (κ3) is 4.39. The lowest BCUT2D eigenvalue weighted by atomic mass is 9.99. The summed E-state index contributed by atoms with van der Waals surface area (Å²) in [5.41, 5.74) is 8.27. The van der Waals surface area contributed by atoms with Crippen LogP contribution in [0.1, 0.15) is 27.7 Å². The molecule has 3 rings (SSSR count). The van der Waals surface area contributed by atoms with Crippen LogP contribution in [0.4, 0.5) is 11.4 Å². The number of hydrogen-bond donors (Lipinski definition) is 3. The average Bonchev–Trinajstić information content (AvgIpc) is 2.96. The molecule has 0 aromatic heterocycles. The Labute approximate surface area is 164 Å². The topological polar surface area (TPSA) is 65.6 Å². The lowest BCUT2D eigenvalue weighted by molar-refractivity contribution is -0.117. The van der Waals surface area contributed by atoms with Gasteiger partial charge in [-0.05, 0) is 44.0 Å². The van der Waals surface area contributed by atoms with Gasteiger partial charge in [0.1, 0.15) is 6.04 Å². The fourth-order valence-corrected chi connectivity index (χ4v) is 4.78. The normalized spacial score (nSPS) is 32.1. The summed E-state index contributed by atoms with van der Waals surface area (Å²) in [6.07, 6.45) is 0.452. The molecule has 0 bridgehead atoms. The van der Waals surface area contributed by atoms with Gasteiger partial charge >= 0.3 is 0 Å². The highest BCUT2D eigenvalue weighted by atomic mass is 79.9. The van der Waals surface area contributed by atoms with Crippen molar-refractivity contribution in [3.8, 4) is 0 Å². The zero-order valence-electron chi connectivity index (χ0n) is 15.8. The summed E-state index contributed by atoms with van der Waals surface area (Å²) in [5, 5.41) is 3.01. The van der Waals surface area contributed by atoms with Gasteiger partial charge in [-0.25, -0.2) is 5.43 Å². The van der Waals surface area contributed by atoms with Crippen molar-refractivity contribution in [3.05, 3.63) is 24.3 Å². The van der Waals surface area contributed by atoms with Crippen molar-refractivity contribution in [2.24, 2.45) is 5.92 Å². The van der Waals surface area contributed by atoms with Crippen LogP contribution in [0.25, 0.3) is 0 Å². The highest BCUT2D eigenvalue weighted by Crippen LogP contribution is 2.24. The second-order valence-electron chi connectivity index (χ2n) is 7.68. The van der Waals surface area contributed by atoms with Crippen LogP contribution >= 0.6 is 15.9 Å². The Balaban J connectivity index is 1.60. The van der Waals surface area contributed by atoms with Crippen LogP contribution in [0.15, 0.2) is 24.3 Å². The third-order valence-electron chi connectivity index (χ3n) is 4.99. The Morgan fingerprint density at radius 2 is 1.81 bits per heavy atom. The van der Waals surface area contributed by atoms with E-state index in [-0.39, 0.29) is 35.0 Å². The molecule has 0 radical (unpaired) electrons. The molecule has 7 heteroatoms. The molecule has 1 aromatic carbocycles. The van der Waals surface area contributed by atoms with Gasteiger partial charge in [0.2, 0.25) is 5.91 Å². The minimum atomic E-state index is -0.303. The number of nitrogens with one attached hydrogen (secondary N) is 3. The van der Waals surface area contributed by atoms with Gasteiger partial charge in [0.05, 0.1) is 17.0 Å². The summed E-state index contributed by atoms with van der Waals surface area (Å²) in [5.74, 6) is 0.395. The zero-order chi connectivity index (χ0) is 18.8. The van der Waals surface area contributed by atoms with Crippen LogP contribution in [0.2, 0.25) is 0 Å². The van der Waals surface area contributed by atoms with Gasteiger partial charge in [-0.15, -0.1) is 0 Å². The molecule has 0 spiro atoms. The standard InChI is InChI=1S/C19H29BrN4O2/c1-11(2)17-16(20)18(23-22-17)19(25)21-14-5-7-15(8-6-14)24-9-12(3)26-13(4)10-24/h5-8,11-13,16-18,22-23H,9-10H2,1-4H3,(H,21,25). The minimum Gasteiger partial charge on any atom is -0.372 e. The number of nitrogens with zero attached hydrogens (tertiary/aromatic N) is 1. The van der Waals surface area contributed by atoms with Gasteiger partial charge in [-0.3, -0.25) is 10.2 Å². The summed E-state index contributed by atoms with van der Waals surface area (Å²) < 4.78 is 5.79. The van der Waals surface area contributed by atoms with Crippen LogP contribution in [-0.4, -0.2) is 48.1 Å². The highest BCUT2D eigenvalue weighted by molar-refractivity contribution is 9.09. The summed E-state index contributed by atoms with van der Waals surface area (Å²) in [6, 6.07) is 7.96. The number of ether oxygens (including phenoxy) is 1. The molecular weight excluding hydrogens is 396 g/mol. The van der Waals surface area contributed by atoms with Gasteiger partial charge in [-0.1, -0.05) is 29.8 Å². The number of hydrogen-bond acceptors (Lipinski definition) is 5. The van der Waals surface area contributed by atoms with E-state index in [0.717, 1.165) is 24.5 Å². The smallest absolute Gasteiger partial charge is 0.244 e. The monoisotopic (exact) mass is 424 g/mol. The molecule has 1 aromatic rings. The van der Waals surface area contributed by atoms with Gasteiger partial charge in [0.25, 0.3) is 0 Å². The fourth-order valence-electron chi connectivity index (χ4n) is 3.66. The Bertz CT molecular complexity index is 614. The SMILES string of the molecule is CC1CN(c2ccc(NC(=O)C3NNC(C(C)C)C3Br)cc2)CC(C)O1. The first-order valence-electron chi connectivity index (χ1n) is 9.31. The molecule has 3 N–H and O–H groups in total. The van der Waals surface area contributed by atoms with E-state index in [0.29, 0.717) is 5.92 Å². The summed E-state index contributed by atoms with van der Waals surface area (Å²) >= 11 is 3.66.